The van der Waals surface area contributed by atoms with Gasteiger partial charge >= 0.3 is 0 Å². The molecule has 1 spiro atoms. The summed E-state index contributed by atoms with van der Waals surface area (Å²) < 4.78 is 11.6. The number of aryl methyl sites for hydroxylation is 1. The van der Waals surface area contributed by atoms with Crippen LogP contribution in [0.3, 0.4) is 0 Å². The highest BCUT2D eigenvalue weighted by Gasteiger charge is 2.43. The van der Waals surface area contributed by atoms with Crippen molar-refractivity contribution in [2.75, 3.05) is 32.1 Å². The molecule has 2 aromatic rings. The van der Waals surface area contributed by atoms with E-state index in [4.69, 9.17) is 9.47 Å². The molecule has 144 valence electrons. The van der Waals surface area contributed by atoms with Gasteiger partial charge in [0.15, 0.2) is 0 Å². The number of nitrogens with one attached hydrogen (secondary N) is 1. The normalized spacial score (nSPS) is 25.6. The Balaban J connectivity index is 1.35. The molecule has 6 heteroatoms. The Morgan fingerprint density at radius 1 is 1.22 bits per heavy atom. The van der Waals surface area contributed by atoms with Crippen molar-refractivity contribution in [2.24, 2.45) is 0 Å². The number of likely N-dealkylation sites (tertiary alicyclic amines) is 1. The lowest BCUT2D eigenvalue weighted by Gasteiger charge is -2.39. The zero-order chi connectivity index (χ0) is 18.7. The fourth-order valence-corrected chi connectivity index (χ4v) is 4.22. The summed E-state index contributed by atoms with van der Waals surface area (Å²) in [4.78, 5) is 2.51. The summed E-state index contributed by atoms with van der Waals surface area (Å²) in [5.41, 5.74) is 2.21. The number of benzene rings is 1. The van der Waals surface area contributed by atoms with Crippen LogP contribution in [0.5, 0.6) is 5.75 Å². The monoisotopic (exact) mass is 368 g/mol. The maximum Gasteiger partial charge on any atom is 0.148 e. The number of piperidine rings is 1. The highest BCUT2D eigenvalue weighted by molar-refractivity contribution is 5.34. The summed E-state index contributed by atoms with van der Waals surface area (Å²) in [7, 11) is 1.70. The van der Waals surface area contributed by atoms with Crippen molar-refractivity contribution in [1.82, 2.24) is 15.1 Å². The van der Waals surface area contributed by atoms with Gasteiger partial charge in [0.1, 0.15) is 11.6 Å². The van der Waals surface area contributed by atoms with Gasteiger partial charge in [-0.3, -0.25) is 4.90 Å². The number of ether oxygens (including phenoxy) is 2. The topological polar surface area (TPSA) is 59.5 Å². The van der Waals surface area contributed by atoms with E-state index in [0.29, 0.717) is 6.04 Å². The second kappa shape index (κ2) is 7.82. The molecule has 2 aliphatic rings. The highest BCUT2D eigenvalue weighted by atomic mass is 16.5. The lowest BCUT2D eigenvalue weighted by molar-refractivity contribution is -0.0533. The van der Waals surface area contributed by atoms with Crippen LogP contribution < -0.4 is 10.1 Å². The molecule has 27 heavy (non-hydrogen) atoms. The van der Waals surface area contributed by atoms with E-state index in [-0.39, 0.29) is 5.60 Å². The smallest absolute Gasteiger partial charge is 0.148 e. The summed E-state index contributed by atoms with van der Waals surface area (Å²) >= 11 is 0. The molecular weight excluding hydrogens is 340 g/mol. The molecule has 0 bridgehead atoms. The first-order valence-electron chi connectivity index (χ1n) is 9.70. The molecule has 0 radical (unpaired) electrons. The van der Waals surface area contributed by atoms with Gasteiger partial charge in [-0.25, -0.2) is 0 Å². The first-order chi connectivity index (χ1) is 13.1. The number of aromatic nitrogens is 2. The molecule has 2 saturated heterocycles. The van der Waals surface area contributed by atoms with E-state index in [9.17, 15) is 0 Å². The number of nitrogens with zero attached hydrogens (tertiary/aromatic N) is 3. The summed E-state index contributed by atoms with van der Waals surface area (Å²) in [6, 6.07) is 12.6. The molecule has 1 aromatic carbocycles. The Hall–Kier alpha value is -2.18. The summed E-state index contributed by atoms with van der Waals surface area (Å²) in [6.07, 6.45) is 3.32. The van der Waals surface area contributed by atoms with Crippen LogP contribution in [0.4, 0.5) is 5.82 Å². The Kier molecular flexibility index (Phi) is 5.27. The van der Waals surface area contributed by atoms with E-state index < -0.39 is 0 Å². The minimum absolute atomic E-state index is 0.0412. The largest absolute Gasteiger partial charge is 0.497 e. The van der Waals surface area contributed by atoms with Crippen molar-refractivity contribution in [1.29, 1.82) is 0 Å². The van der Waals surface area contributed by atoms with Gasteiger partial charge in [0.25, 0.3) is 0 Å². The van der Waals surface area contributed by atoms with Gasteiger partial charge < -0.3 is 14.8 Å². The maximum atomic E-state index is 6.32. The van der Waals surface area contributed by atoms with Gasteiger partial charge in [0.05, 0.1) is 31.1 Å². The molecule has 1 aromatic heterocycles. The van der Waals surface area contributed by atoms with E-state index in [2.05, 4.69) is 32.5 Å². The predicted molar refractivity (Wildman–Crippen MR) is 105 cm³/mol. The average Bonchev–Trinajstić information content (AvgIpc) is 3.06. The van der Waals surface area contributed by atoms with Crippen molar-refractivity contribution in [3.05, 3.63) is 47.7 Å². The first-order valence-corrected chi connectivity index (χ1v) is 9.70. The molecular formula is C21H28N4O2. The Bertz CT molecular complexity index is 750. The molecule has 6 nitrogen and oxygen atoms in total. The van der Waals surface area contributed by atoms with Crippen molar-refractivity contribution in [3.63, 3.8) is 0 Å². The molecule has 3 heterocycles. The summed E-state index contributed by atoms with van der Waals surface area (Å²) in [5, 5.41) is 11.8. The minimum Gasteiger partial charge on any atom is -0.497 e. The molecule has 4 rings (SSSR count). The molecule has 0 saturated carbocycles. The summed E-state index contributed by atoms with van der Waals surface area (Å²) in [5.74, 6) is 1.73. The predicted octanol–water partition coefficient (Wildman–Crippen LogP) is 3.03. The van der Waals surface area contributed by atoms with Crippen molar-refractivity contribution >= 4 is 5.82 Å². The fraction of sp³-hybridized carbons (Fsp3) is 0.524. The van der Waals surface area contributed by atoms with Crippen LogP contribution in [0.1, 0.15) is 30.5 Å². The van der Waals surface area contributed by atoms with Crippen LogP contribution in [0, 0.1) is 6.92 Å². The third-order valence-corrected chi connectivity index (χ3v) is 5.54. The number of hydrogen-bond acceptors (Lipinski definition) is 6. The van der Waals surface area contributed by atoms with Gasteiger partial charge in [-0.2, -0.15) is 5.10 Å². The van der Waals surface area contributed by atoms with Crippen LogP contribution in [0.2, 0.25) is 0 Å². The van der Waals surface area contributed by atoms with E-state index in [1.54, 1.807) is 7.11 Å². The number of rotatable bonds is 5. The SMILES string of the molecule is COc1ccc(CN2CCC[C@@]3(C[C@@H](Nc4ccc(C)nn4)CO3)C2)cc1. The van der Waals surface area contributed by atoms with Gasteiger partial charge in [-0.05, 0) is 56.1 Å². The van der Waals surface area contributed by atoms with Crippen LogP contribution in [-0.2, 0) is 11.3 Å². The Labute approximate surface area is 160 Å². The van der Waals surface area contributed by atoms with Crippen molar-refractivity contribution < 1.29 is 9.47 Å². The molecule has 0 aliphatic carbocycles. The van der Waals surface area contributed by atoms with Gasteiger partial charge in [-0.15, -0.1) is 5.10 Å². The Morgan fingerprint density at radius 2 is 2.07 bits per heavy atom. The molecule has 2 atom stereocenters. The van der Waals surface area contributed by atoms with E-state index in [1.807, 2.05) is 31.2 Å². The van der Waals surface area contributed by atoms with E-state index in [1.165, 1.54) is 12.0 Å². The zero-order valence-electron chi connectivity index (χ0n) is 16.1. The molecule has 1 N–H and O–H groups in total. The fourth-order valence-electron chi connectivity index (χ4n) is 4.22. The first kappa shape index (κ1) is 18.2. The average molecular weight is 368 g/mol. The van der Waals surface area contributed by atoms with Crippen LogP contribution in [0.15, 0.2) is 36.4 Å². The third kappa shape index (κ3) is 4.39. The highest BCUT2D eigenvalue weighted by Crippen LogP contribution is 2.36. The molecule has 0 unspecified atom stereocenters. The van der Waals surface area contributed by atoms with E-state index in [0.717, 1.165) is 56.3 Å². The number of methoxy groups -OCH3 is 1. The van der Waals surface area contributed by atoms with Gasteiger partial charge in [-0.1, -0.05) is 12.1 Å². The van der Waals surface area contributed by atoms with Crippen LogP contribution in [0.25, 0.3) is 0 Å². The molecule has 2 fully saturated rings. The minimum atomic E-state index is -0.0412. The second-order valence-corrected chi connectivity index (χ2v) is 7.76. The lowest BCUT2D eigenvalue weighted by atomic mass is 9.88. The molecule has 0 amide bonds. The van der Waals surface area contributed by atoms with Crippen LogP contribution >= 0.6 is 0 Å². The van der Waals surface area contributed by atoms with Crippen LogP contribution in [-0.4, -0.2) is 53.5 Å². The zero-order valence-corrected chi connectivity index (χ0v) is 16.1. The Morgan fingerprint density at radius 3 is 2.81 bits per heavy atom. The third-order valence-electron chi connectivity index (χ3n) is 5.54. The van der Waals surface area contributed by atoms with E-state index >= 15 is 0 Å². The maximum absolute atomic E-state index is 6.32. The van der Waals surface area contributed by atoms with Crippen molar-refractivity contribution in [2.45, 2.75) is 44.4 Å². The quantitative estimate of drug-likeness (QED) is 0.875. The molecule has 2 aliphatic heterocycles. The standard InChI is InChI=1S/C21H28N4O2/c1-16-4-9-20(24-23-16)22-18-12-21(27-14-18)10-3-11-25(15-21)13-17-5-7-19(26-2)8-6-17/h4-9,18H,3,10-15H2,1-2H3,(H,22,24)/t18-,21-/m1/s1. The second-order valence-electron chi connectivity index (χ2n) is 7.76. The van der Waals surface area contributed by atoms with Gasteiger partial charge in [0, 0.05) is 19.5 Å². The lowest BCUT2D eigenvalue weighted by Crippen LogP contribution is -2.47. The number of hydrogen-bond donors (Lipinski definition) is 1. The van der Waals surface area contributed by atoms with Crippen molar-refractivity contribution in [3.8, 4) is 5.75 Å². The summed E-state index contributed by atoms with van der Waals surface area (Å²) in [6.45, 7) is 5.74. The van der Waals surface area contributed by atoms with Gasteiger partial charge in [0.2, 0.25) is 0 Å². The number of anilines is 1.